The van der Waals surface area contributed by atoms with Crippen molar-refractivity contribution in [3.8, 4) is 11.5 Å². The number of aryl methyl sites for hydroxylation is 1. The summed E-state index contributed by atoms with van der Waals surface area (Å²) in [5.41, 5.74) is 4.36. The van der Waals surface area contributed by atoms with Gasteiger partial charge in [-0.15, -0.1) is 0 Å². The lowest BCUT2D eigenvalue weighted by Gasteiger charge is -2.32. The minimum Gasteiger partial charge on any atom is -0.508 e. The van der Waals surface area contributed by atoms with E-state index in [1.54, 1.807) is 6.07 Å². The van der Waals surface area contributed by atoms with Gasteiger partial charge in [0.05, 0.1) is 0 Å². The number of benzene rings is 1. The van der Waals surface area contributed by atoms with Crippen LogP contribution < -0.4 is 0 Å². The zero-order valence-electron chi connectivity index (χ0n) is 11.9. The fourth-order valence-corrected chi connectivity index (χ4v) is 3.10. The van der Waals surface area contributed by atoms with E-state index in [2.05, 4.69) is 26.5 Å². The van der Waals surface area contributed by atoms with Crippen LogP contribution in [0.2, 0.25) is 0 Å². The minimum atomic E-state index is 0.113. The highest BCUT2D eigenvalue weighted by molar-refractivity contribution is 5.49. The van der Waals surface area contributed by atoms with E-state index in [-0.39, 0.29) is 17.4 Å². The number of aromatic hydroxyl groups is 2. The molecule has 1 aliphatic rings. The maximum absolute atomic E-state index is 10.2. The van der Waals surface area contributed by atoms with Crippen LogP contribution in [0.15, 0.2) is 35.9 Å². The quantitative estimate of drug-likeness (QED) is 0.771. The van der Waals surface area contributed by atoms with Gasteiger partial charge >= 0.3 is 0 Å². The number of phenolic OH excluding ortho intramolecular Hbond substituents is 2. The van der Waals surface area contributed by atoms with Crippen LogP contribution in [0.3, 0.4) is 0 Å². The molecule has 0 amide bonds. The topological polar surface area (TPSA) is 40.5 Å². The zero-order chi connectivity index (χ0) is 14.2. The molecular formula is C17H22O2. The van der Waals surface area contributed by atoms with Crippen LogP contribution in [0.4, 0.5) is 0 Å². The summed E-state index contributed by atoms with van der Waals surface area (Å²) < 4.78 is 0. The van der Waals surface area contributed by atoms with Crippen molar-refractivity contribution in [1.29, 1.82) is 0 Å². The van der Waals surface area contributed by atoms with E-state index in [0.717, 1.165) is 29.5 Å². The molecule has 2 atom stereocenters. The molecular weight excluding hydrogens is 236 g/mol. The lowest BCUT2D eigenvalue weighted by molar-refractivity contribution is 0.424. The molecule has 0 fully saturated rings. The molecule has 0 spiro atoms. The molecule has 0 bridgehead atoms. The predicted molar refractivity (Wildman–Crippen MR) is 78.5 cm³/mol. The molecule has 1 aromatic rings. The van der Waals surface area contributed by atoms with E-state index in [1.165, 1.54) is 11.6 Å². The third-order valence-corrected chi connectivity index (χ3v) is 4.06. The third-order valence-electron chi connectivity index (χ3n) is 4.06. The van der Waals surface area contributed by atoms with Crippen molar-refractivity contribution in [2.24, 2.45) is 5.92 Å². The highest BCUT2D eigenvalue weighted by Gasteiger charge is 2.28. The Kier molecular flexibility index (Phi) is 3.70. The first-order valence-electron chi connectivity index (χ1n) is 6.75. The molecule has 19 heavy (non-hydrogen) atoms. The molecule has 0 heterocycles. The SMILES string of the molecule is C=C(C)C1CCC(C)=C[C@H]1c1c(C)cc(O)cc1O. The molecule has 0 aliphatic heterocycles. The second kappa shape index (κ2) is 5.12. The standard InChI is InChI=1S/C17H22O2/c1-10(2)14-6-5-11(3)7-15(14)17-12(4)8-13(18)9-16(17)19/h7-9,14-15,18-19H,1,5-6H2,2-4H3/t14?,15-/m1/s1. The van der Waals surface area contributed by atoms with Crippen molar-refractivity contribution in [2.45, 2.75) is 39.5 Å². The smallest absolute Gasteiger partial charge is 0.123 e. The molecule has 102 valence electrons. The molecule has 0 radical (unpaired) electrons. The molecule has 1 unspecified atom stereocenters. The van der Waals surface area contributed by atoms with Crippen LogP contribution in [0.25, 0.3) is 0 Å². The van der Waals surface area contributed by atoms with Gasteiger partial charge in [0.1, 0.15) is 11.5 Å². The first-order chi connectivity index (χ1) is 8.90. The van der Waals surface area contributed by atoms with Gasteiger partial charge in [-0.1, -0.05) is 23.8 Å². The molecule has 0 aromatic heterocycles. The van der Waals surface area contributed by atoms with Crippen LogP contribution >= 0.6 is 0 Å². The van der Waals surface area contributed by atoms with Crippen LogP contribution in [0.5, 0.6) is 11.5 Å². The van der Waals surface area contributed by atoms with Gasteiger partial charge in [0.25, 0.3) is 0 Å². The Hall–Kier alpha value is -1.70. The number of rotatable bonds is 2. The molecule has 2 nitrogen and oxygen atoms in total. The number of hydrogen-bond acceptors (Lipinski definition) is 2. The third kappa shape index (κ3) is 2.67. The summed E-state index contributed by atoms with van der Waals surface area (Å²) in [5, 5.41) is 19.7. The van der Waals surface area contributed by atoms with E-state index in [1.807, 2.05) is 6.92 Å². The Morgan fingerprint density at radius 1 is 1.26 bits per heavy atom. The van der Waals surface area contributed by atoms with Gasteiger partial charge in [0, 0.05) is 17.5 Å². The first kappa shape index (κ1) is 13.7. The van der Waals surface area contributed by atoms with Gasteiger partial charge in [0.2, 0.25) is 0 Å². The van der Waals surface area contributed by atoms with E-state index in [0.29, 0.717) is 5.92 Å². The van der Waals surface area contributed by atoms with Crippen LogP contribution in [-0.4, -0.2) is 10.2 Å². The summed E-state index contributed by atoms with van der Waals surface area (Å²) in [6.07, 6.45) is 4.40. The Morgan fingerprint density at radius 3 is 2.53 bits per heavy atom. The average molecular weight is 258 g/mol. The minimum absolute atomic E-state index is 0.113. The molecule has 2 N–H and O–H groups in total. The van der Waals surface area contributed by atoms with Gasteiger partial charge in [-0.2, -0.15) is 0 Å². The Labute approximate surface area is 115 Å². The maximum atomic E-state index is 10.2. The highest BCUT2D eigenvalue weighted by atomic mass is 16.3. The molecule has 0 saturated carbocycles. The van der Waals surface area contributed by atoms with Crippen molar-refractivity contribution in [2.75, 3.05) is 0 Å². The Morgan fingerprint density at radius 2 is 1.95 bits per heavy atom. The van der Waals surface area contributed by atoms with E-state index in [4.69, 9.17) is 0 Å². The first-order valence-corrected chi connectivity index (χ1v) is 6.75. The summed E-state index contributed by atoms with van der Waals surface area (Å²) in [5.74, 6) is 0.812. The Balaban J connectivity index is 2.54. The molecule has 0 saturated heterocycles. The van der Waals surface area contributed by atoms with Crippen molar-refractivity contribution >= 4 is 0 Å². The van der Waals surface area contributed by atoms with Gasteiger partial charge in [0.15, 0.2) is 0 Å². The summed E-state index contributed by atoms with van der Waals surface area (Å²) in [6, 6.07) is 3.14. The lowest BCUT2D eigenvalue weighted by Crippen LogP contribution is -2.17. The Bertz CT molecular complexity index is 517. The molecule has 2 heteroatoms. The summed E-state index contributed by atoms with van der Waals surface area (Å²) in [4.78, 5) is 0. The van der Waals surface area contributed by atoms with E-state index < -0.39 is 0 Å². The second-order valence-corrected chi connectivity index (χ2v) is 5.73. The normalized spacial score (nSPS) is 23.0. The number of phenols is 2. The monoisotopic (exact) mass is 258 g/mol. The summed E-state index contributed by atoms with van der Waals surface area (Å²) in [6.45, 7) is 10.2. The highest BCUT2D eigenvalue weighted by Crippen LogP contribution is 2.44. The van der Waals surface area contributed by atoms with Gasteiger partial charge < -0.3 is 10.2 Å². The zero-order valence-corrected chi connectivity index (χ0v) is 11.9. The largest absolute Gasteiger partial charge is 0.508 e. The molecule has 1 aromatic carbocycles. The van der Waals surface area contributed by atoms with Crippen molar-refractivity contribution in [3.63, 3.8) is 0 Å². The van der Waals surface area contributed by atoms with Crippen LogP contribution in [0, 0.1) is 12.8 Å². The van der Waals surface area contributed by atoms with Gasteiger partial charge in [-0.25, -0.2) is 0 Å². The van der Waals surface area contributed by atoms with Gasteiger partial charge in [-0.05, 0) is 51.2 Å². The summed E-state index contributed by atoms with van der Waals surface area (Å²) >= 11 is 0. The fourth-order valence-electron chi connectivity index (χ4n) is 3.10. The molecule has 2 rings (SSSR count). The van der Waals surface area contributed by atoms with E-state index >= 15 is 0 Å². The number of hydrogen-bond donors (Lipinski definition) is 2. The molecule has 1 aliphatic carbocycles. The number of allylic oxidation sites excluding steroid dienone is 3. The van der Waals surface area contributed by atoms with Gasteiger partial charge in [-0.3, -0.25) is 0 Å². The van der Waals surface area contributed by atoms with Crippen LogP contribution in [0.1, 0.15) is 43.7 Å². The van der Waals surface area contributed by atoms with Crippen molar-refractivity contribution < 1.29 is 10.2 Å². The van der Waals surface area contributed by atoms with E-state index in [9.17, 15) is 10.2 Å². The van der Waals surface area contributed by atoms with Crippen molar-refractivity contribution in [3.05, 3.63) is 47.1 Å². The lowest BCUT2D eigenvalue weighted by atomic mass is 9.73. The second-order valence-electron chi connectivity index (χ2n) is 5.73. The predicted octanol–water partition coefficient (Wildman–Crippen LogP) is 4.42. The maximum Gasteiger partial charge on any atom is 0.123 e. The van der Waals surface area contributed by atoms with Crippen molar-refractivity contribution in [1.82, 2.24) is 0 Å². The summed E-state index contributed by atoms with van der Waals surface area (Å²) in [7, 11) is 0. The van der Waals surface area contributed by atoms with Crippen LogP contribution in [-0.2, 0) is 0 Å². The fraction of sp³-hybridized carbons (Fsp3) is 0.412. The average Bonchev–Trinajstić information content (AvgIpc) is 2.27.